The van der Waals surface area contributed by atoms with E-state index in [9.17, 15) is 9.18 Å². The largest absolute Gasteiger partial charge is 0.288 e. The maximum atomic E-state index is 13.2. The molecule has 92 valence electrons. The molecule has 0 unspecified atom stereocenters. The first kappa shape index (κ1) is 13.1. The van der Waals surface area contributed by atoms with Gasteiger partial charge in [-0.05, 0) is 42.8 Å². The zero-order valence-corrected chi connectivity index (χ0v) is 11.0. The monoisotopic (exact) mass is 282 g/mol. The van der Waals surface area contributed by atoms with Crippen LogP contribution in [0.15, 0.2) is 36.4 Å². The summed E-state index contributed by atoms with van der Waals surface area (Å²) in [5.74, 6) is -0.662. The van der Waals surface area contributed by atoms with Crippen LogP contribution in [0.3, 0.4) is 0 Å². The van der Waals surface area contributed by atoms with E-state index in [1.54, 1.807) is 25.1 Å². The number of rotatable bonds is 2. The van der Waals surface area contributed by atoms with E-state index < -0.39 is 0 Å². The minimum absolute atomic E-state index is 0.242. The number of benzene rings is 2. The molecule has 18 heavy (non-hydrogen) atoms. The summed E-state index contributed by atoms with van der Waals surface area (Å²) in [5, 5.41) is 0.573. The van der Waals surface area contributed by atoms with Crippen LogP contribution in [-0.4, -0.2) is 5.78 Å². The molecule has 0 fully saturated rings. The zero-order valence-electron chi connectivity index (χ0n) is 9.51. The molecule has 0 saturated carbocycles. The van der Waals surface area contributed by atoms with Crippen LogP contribution in [0, 0.1) is 12.7 Å². The Kier molecular flexibility index (Phi) is 3.69. The van der Waals surface area contributed by atoms with Gasteiger partial charge < -0.3 is 0 Å². The maximum absolute atomic E-state index is 13.2. The lowest BCUT2D eigenvalue weighted by molar-refractivity contribution is 0.103. The summed E-state index contributed by atoms with van der Waals surface area (Å²) < 4.78 is 13.2. The summed E-state index contributed by atoms with van der Waals surface area (Å²) in [6.07, 6.45) is 0. The third-order valence-electron chi connectivity index (χ3n) is 2.61. The second-order valence-corrected chi connectivity index (χ2v) is 4.70. The molecule has 0 spiro atoms. The van der Waals surface area contributed by atoms with Gasteiger partial charge >= 0.3 is 0 Å². The lowest BCUT2D eigenvalue weighted by atomic mass is 10.0. The van der Waals surface area contributed by atoms with Crippen molar-refractivity contribution in [2.75, 3.05) is 0 Å². The summed E-state index contributed by atoms with van der Waals surface area (Å²) in [5.41, 5.74) is 1.01. The number of halogens is 3. The van der Waals surface area contributed by atoms with Crippen LogP contribution in [0.5, 0.6) is 0 Å². The van der Waals surface area contributed by atoms with Gasteiger partial charge in [0.1, 0.15) is 5.82 Å². The van der Waals surface area contributed by atoms with E-state index in [0.29, 0.717) is 11.1 Å². The van der Waals surface area contributed by atoms with Crippen molar-refractivity contribution in [3.05, 3.63) is 69.0 Å². The molecule has 0 aliphatic rings. The third-order valence-corrected chi connectivity index (χ3v) is 3.24. The minimum atomic E-state index is -0.350. The normalized spacial score (nSPS) is 10.4. The van der Waals surface area contributed by atoms with Gasteiger partial charge in [0, 0.05) is 5.56 Å². The maximum Gasteiger partial charge on any atom is 0.196 e. The quantitative estimate of drug-likeness (QED) is 0.732. The van der Waals surface area contributed by atoms with Gasteiger partial charge in [-0.3, -0.25) is 4.79 Å². The molecule has 0 saturated heterocycles. The predicted molar refractivity (Wildman–Crippen MR) is 71.0 cm³/mol. The van der Waals surface area contributed by atoms with Gasteiger partial charge in [-0.1, -0.05) is 29.3 Å². The number of hydrogen-bond acceptors (Lipinski definition) is 1. The topological polar surface area (TPSA) is 17.1 Å². The first-order valence-corrected chi connectivity index (χ1v) is 6.01. The van der Waals surface area contributed by atoms with Gasteiger partial charge in [0.25, 0.3) is 0 Å². The number of ketones is 1. The Morgan fingerprint density at radius 3 is 2.28 bits per heavy atom. The van der Waals surface area contributed by atoms with Gasteiger partial charge in [0.05, 0.1) is 15.6 Å². The Bertz CT molecular complexity index is 603. The summed E-state index contributed by atoms with van der Waals surface area (Å²) in [4.78, 5) is 12.3. The van der Waals surface area contributed by atoms with Gasteiger partial charge in [-0.15, -0.1) is 0 Å². The molecular formula is C14H9Cl2FO. The molecular weight excluding hydrogens is 274 g/mol. The number of hydrogen-bond donors (Lipinski definition) is 0. The van der Waals surface area contributed by atoms with Crippen LogP contribution in [0.4, 0.5) is 4.39 Å². The number of aryl methyl sites for hydroxylation is 1. The molecule has 0 amide bonds. The average molecular weight is 283 g/mol. The first-order valence-electron chi connectivity index (χ1n) is 5.25. The zero-order chi connectivity index (χ0) is 13.3. The highest BCUT2D eigenvalue weighted by atomic mass is 35.5. The van der Waals surface area contributed by atoms with E-state index in [-0.39, 0.29) is 27.2 Å². The second kappa shape index (κ2) is 5.09. The van der Waals surface area contributed by atoms with E-state index >= 15 is 0 Å². The fourth-order valence-electron chi connectivity index (χ4n) is 1.65. The molecule has 0 radical (unpaired) electrons. The molecule has 1 nitrogen and oxygen atoms in total. The van der Waals surface area contributed by atoms with Gasteiger partial charge in [-0.2, -0.15) is 0 Å². The summed E-state index contributed by atoms with van der Waals surface area (Å²) in [7, 11) is 0. The Morgan fingerprint density at radius 1 is 1.11 bits per heavy atom. The van der Waals surface area contributed by atoms with Gasteiger partial charge in [0.15, 0.2) is 5.78 Å². The van der Waals surface area contributed by atoms with Gasteiger partial charge in [-0.25, -0.2) is 4.39 Å². The molecule has 0 atom stereocenters. The lowest BCUT2D eigenvalue weighted by Gasteiger charge is -2.07. The Morgan fingerprint density at radius 2 is 1.72 bits per heavy atom. The molecule has 4 heteroatoms. The molecule has 0 aliphatic heterocycles. The highest BCUT2D eigenvalue weighted by molar-refractivity contribution is 6.41. The minimum Gasteiger partial charge on any atom is -0.288 e. The molecule has 0 aromatic heterocycles. The van der Waals surface area contributed by atoms with E-state index in [1.807, 2.05) is 0 Å². The summed E-state index contributed by atoms with van der Waals surface area (Å²) >= 11 is 11.9. The Balaban J connectivity index is 2.51. The van der Waals surface area contributed by atoms with Crippen LogP contribution >= 0.6 is 23.2 Å². The molecule has 0 aliphatic carbocycles. The van der Waals surface area contributed by atoms with Crippen LogP contribution in [0.25, 0.3) is 0 Å². The SMILES string of the molecule is Cc1cc(C(=O)c2c(Cl)cccc2Cl)ccc1F. The van der Waals surface area contributed by atoms with E-state index in [0.717, 1.165) is 0 Å². The molecule has 2 aromatic rings. The first-order chi connectivity index (χ1) is 8.50. The van der Waals surface area contributed by atoms with Crippen molar-refractivity contribution in [1.82, 2.24) is 0 Å². The standard InChI is InChI=1S/C14H9Cl2FO/c1-8-7-9(5-6-12(8)17)14(18)13-10(15)3-2-4-11(13)16/h2-7H,1H3. The number of carbonyl (C=O) groups excluding carboxylic acids is 1. The van der Waals surface area contributed by atoms with Crippen LogP contribution < -0.4 is 0 Å². The molecule has 0 heterocycles. The van der Waals surface area contributed by atoms with E-state index in [4.69, 9.17) is 23.2 Å². The van der Waals surface area contributed by atoms with Crippen molar-refractivity contribution in [2.24, 2.45) is 0 Å². The van der Waals surface area contributed by atoms with Crippen molar-refractivity contribution in [1.29, 1.82) is 0 Å². The summed E-state index contributed by atoms with van der Waals surface area (Å²) in [6.45, 7) is 1.60. The third kappa shape index (κ3) is 2.40. The second-order valence-electron chi connectivity index (χ2n) is 3.89. The molecule has 2 rings (SSSR count). The highest BCUT2D eigenvalue weighted by Crippen LogP contribution is 2.27. The van der Waals surface area contributed by atoms with Crippen molar-refractivity contribution in [3.8, 4) is 0 Å². The van der Waals surface area contributed by atoms with Crippen LogP contribution in [0.2, 0.25) is 10.0 Å². The van der Waals surface area contributed by atoms with Crippen molar-refractivity contribution in [3.63, 3.8) is 0 Å². The Labute approximate surface area is 114 Å². The van der Waals surface area contributed by atoms with Crippen molar-refractivity contribution in [2.45, 2.75) is 6.92 Å². The fraction of sp³-hybridized carbons (Fsp3) is 0.0714. The average Bonchev–Trinajstić information content (AvgIpc) is 2.32. The smallest absolute Gasteiger partial charge is 0.196 e. The van der Waals surface area contributed by atoms with Crippen molar-refractivity contribution < 1.29 is 9.18 Å². The van der Waals surface area contributed by atoms with Crippen LogP contribution in [0.1, 0.15) is 21.5 Å². The van der Waals surface area contributed by atoms with E-state index in [1.165, 1.54) is 18.2 Å². The fourth-order valence-corrected chi connectivity index (χ4v) is 2.21. The van der Waals surface area contributed by atoms with E-state index in [2.05, 4.69) is 0 Å². The highest BCUT2D eigenvalue weighted by Gasteiger charge is 2.17. The van der Waals surface area contributed by atoms with Crippen LogP contribution in [-0.2, 0) is 0 Å². The summed E-state index contributed by atoms with van der Waals surface area (Å²) in [6, 6.07) is 9.01. The van der Waals surface area contributed by atoms with Gasteiger partial charge in [0.2, 0.25) is 0 Å². The molecule has 0 N–H and O–H groups in total. The Hall–Kier alpha value is -1.38. The predicted octanol–water partition coefficient (Wildman–Crippen LogP) is 4.67. The van der Waals surface area contributed by atoms with Crippen molar-refractivity contribution >= 4 is 29.0 Å². The molecule has 2 aromatic carbocycles. The number of carbonyl (C=O) groups is 1. The molecule has 0 bridgehead atoms. The lowest BCUT2D eigenvalue weighted by Crippen LogP contribution is -2.04.